The molecule has 5 N–H and O–H groups in total. The molecule has 0 spiro atoms. The number of nitrogen functional groups attached to an aromatic ring is 2. The number of anilines is 2. The number of nitrogens with one attached hydrogen (secondary N) is 1. The van der Waals surface area contributed by atoms with E-state index < -0.39 is 0 Å². The summed E-state index contributed by atoms with van der Waals surface area (Å²) in [6.45, 7) is 2.50. The van der Waals surface area contributed by atoms with Gasteiger partial charge in [-0.3, -0.25) is 5.73 Å². The fourth-order valence-electron chi connectivity index (χ4n) is 1.06. The first-order valence-corrected chi connectivity index (χ1v) is 4.52. The molecule has 78 valence electrons. The van der Waals surface area contributed by atoms with Gasteiger partial charge in [0.05, 0.1) is 6.20 Å². The molecule has 0 aromatic carbocycles. The van der Waals surface area contributed by atoms with Crippen LogP contribution in [0.1, 0.15) is 12.8 Å². The highest BCUT2D eigenvalue weighted by atomic mass is 16.5. The molecule has 14 heavy (non-hydrogen) atoms. The van der Waals surface area contributed by atoms with Crippen molar-refractivity contribution in [2.75, 3.05) is 24.6 Å². The van der Waals surface area contributed by atoms with Gasteiger partial charge in [0.15, 0.2) is 0 Å². The third kappa shape index (κ3) is 3.44. The molecule has 1 aliphatic rings. The first-order valence-electron chi connectivity index (χ1n) is 4.52. The maximum absolute atomic E-state index is 10.4. The van der Waals surface area contributed by atoms with Crippen LogP contribution in [0.25, 0.3) is 0 Å². The van der Waals surface area contributed by atoms with Crippen LogP contribution in [-0.4, -0.2) is 18.1 Å². The number of hydrogen-bond donors (Lipinski definition) is 3. The Morgan fingerprint density at radius 2 is 2.00 bits per heavy atom. The van der Waals surface area contributed by atoms with Crippen LogP contribution in [0.15, 0.2) is 12.3 Å². The predicted molar refractivity (Wildman–Crippen MR) is 54.1 cm³/mol. The van der Waals surface area contributed by atoms with E-state index in [2.05, 4.69) is 10.3 Å². The van der Waals surface area contributed by atoms with Gasteiger partial charge in [-0.25, -0.2) is 4.73 Å². The Hall–Kier alpha value is -1.56. The first-order chi connectivity index (χ1) is 6.70. The second kappa shape index (κ2) is 5.23. The number of rotatable bonds is 0. The van der Waals surface area contributed by atoms with Gasteiger partial charge >= 0.3 is 5.95 Å². The molecule has 1 aliphatic heterocycles. The van der Waals surface area contributed by atoms with Crippen molar-refractivity contribution in [1.82, 2.24) is 10.3 Å². The van der Waals surface area contributed by atoms with E-state index >= 15 is 0 Å². The van der Waals surface area contributed by atoms with Crippen molar-refractivity contribution >= 4 is 11.8 Å². The standard InChI is InChI=1S/C4H6N4O.C4H9N/c5-3-1-2-8(9)4(6)7-3;1-2-4-5-3-1/h1-2H,(H4,5,6,7);5H,1-4H2. The van der Waals surface area contributed by atoms with Gasteiger partial charge in [0.2, 0.25) is 5.82 Å². The molecule has 0 bridgehead atoms. The lowest BCUT2D eigenvalue weighted by Crippen LogP contribution is -2.31. The third-order valence-corrected chi connectivity index (χ3v) is 1.81. The number of aromatic nitrogens is 2. The number of nitrogens with two attached hydrogens (primary N) is 2. The summed E-state index contributed by atoms with van der Waals surface area (Å²) in [6, 6.07) is 1.38. The predicted octanol–water partition coefficient (Wildman–Crippen LogP) is -0.751. The summed E-state index contributed by atoms with van der Waals surface area (Å²) in [5, 5.41) is 13.7. The molecule has 1 fully saturated rings. The molecular weight excluding hydrogens is 182 g/mol. The maximum Gasteiger partial charge on any atom is 0.391 e. The topological polar surface area (TPSA) is 104 Å². The van der Waals surface area contributed by atoms with Crippen LogP contribution in [0.5, 0.6) is 0 Å². The van der Waals surface area contributed by atoms with Crippen molar-refractivity contribution in [3.63, 3.8) is 0 Å². The van der Waals surface area contributed by atoms with Crippen LogP contribution in [0, 0.1) is 5.21 Å². The van der Waals surface area contributed by atoms with Crippen LogP contribution in [0.3, 0.4) is 0 Å². The molecule has 0 unspecified atom stereocenters. The summed E-state index contributed by atoms with van der Waals surface area (Å²) in [4.78, 5) is 3.48. The molecule has 0 atom stereocenters. The highest BCUT2D eigenvalue weighted by Gasteiger charge is 1.97. The maximum atomic E-state index is 10.4. The van der Waals surface area contributed by atoms with E-state index in [-0.39, 0.29) is 11.8 Å². The number of nitrogens with zero attached hydrogens (tertiary/aromatic N) is 2. The lowest BCUT2D eigenvalue weighted by atomic mass is 10.4. The molecule has 1 aromatic rings. The van der Waals surface area contributed by atoms with Gasteiger partial charge in [-0.1, -0.05) is 4.98 Å². The molecule has 6 heteroatoms. The molecule has 0 saturated carbocycles. The molecule has 6 nitrogen and oxygen atoms in total. The Labute approximate surface area is 82.5 Å². The van der Waals surface area contributed by atoms with Crippen molar-refractivity contribution in [3.05, 3.63) is 17.5 Å². The molecule has 2 heterocycles. The molecule has 0 radical (unpaired) electrons. The van der Waals surface area contributed by atoms with Gasteiger partial charge in [0, 0.05) is 6.07 Å². The summed E-state index contributed by atoms with van der Waals surface area (Å²) >= 11 is 0. The van der Waals surface area contributed by atoms with E-state index in [0.717, 1.165) is 0 Å². The van der Waals surface area contributed by atoms with E-state index in [1.54, 1.807) is 0 Å². The molecular formula is C8H15N5O. The Balaban J connectivity index is 0.000000165. The smallest absolute Gasteiger partial charge is 0.391 e. The second-order valence-electron chi connectivity index (χ2n) is 2.99. The molecule has 2 rings (SSSR count). The van der Waals surface area contributed by atoms with Gasteiger partial charge in [0.1, 0.15) is 0 Å². The molecule has 0 amide bonds. The average molecular weight is 197 g/mol. The normalized spacial score (nSPS) is 14.6. The minimum absolute atomic E-state index is 0.130. The van der Waals surface area contributed by atoms with E-state index in [1.165, 1.54) is 38.2 Å². The fraction of sp³-hybridized carbons (Fsp3) is 0.500. The van der Waals surface area contributed by atoms with Crippen LogP contribution < -0.4 is 21.5 Å². The fourth-order valence-corrected chi connectivity index (χ4v) is 1.06. The number of hydrogen-bond acceptors (Lipinski definition) is 5. The van der Waals surface area contributed by atoms with Crippen molar-refractivity contribution in [2.45, 2.75) is 12.8 Å². The second-order valence-corrected chi connectivity index (χ2v) is 2.99. The van der Waals surface area contributed by atoms with Gasteiger partial charge in [0.25, 0.3) is 0 Å². The van der Waals surface area contributed by atoms with Crippen molar-refractivity contribution < 1.29 is 4.73 Å². The minimum Gasteiger partial charge on any atom is -0.740 e. The van der Waals surface area contributed by atoms with E-state index in [1.807, 2.05) is 0 Å². The minimum atomic E-state index is -0.130. The van der Waals surface area contributed by atoms with Crippen LogP contribution in [-0.2, 0) is 0 Å². The van der Waals surface area contributed by atoms with Crippen molar-refractivity contribution in [3.8, 4) is 0 Å². The van der Waals surface area contributed by atoms with Crippen LogP contribution in [0.4, 0.5) is 11.8 Å². The molecule has 0 aliphatic carbocycles. The monoisotopic (exact) mass is 197 g/mol. The van der Waals surface area contributed by atoms with E-state index in [4.69, 9.17) is 11.5 Å². The van der Waals surface area contributed by atoms with E-state index in [9.17, 15) is 5.21 Å². The Kier molecular flexibility index (Phi) is 3.93. The van der Waals surface area contributed by atoms with Gasteiger partial charge in [-0.05, 0) is 25.9 Å². The SMILES string of the molecule is C1CCNC1.Nc1cc[n+]([O-])c(N)n1. The lowest BCUT2D eigenvalue weighted by Gasteiger charge is -2.01. The van der Waals surface area contributed by atoms with Gasteiger partial charge in [-0.15, -0.1) is 0 Å². The molecule has 1 saturated heterocycles. The zero-order valence-electron chi connectivity index (χ0n) is 7.94. The quantitative estimate of drug-likeness (QED) is 0.375. The Morgan fingerprint density at radius 3 is 2.36 bits per heavy atom. The summed E-state index contributed by atoms with van der Waals surface area (Å²) in [5.74, 6) is 0.120. The van der Waals surface area contributed by atoms with Crippen molar-refractivity contribution in [1.29, 1.82) is 0 Å². The van der Waals surface area contributed by atoms with Crippen molar-refractivity contribution in [2.24, 2.45) is 0 Å². The van der Waals surface area contributed by atoms with Crippen LogP contribution in [0.2, 0.25) is 0 Å². The highest BCUT2D eigenvalue weighted by Crippen LogP contribution is 1.92. The Morgan fingerprint density at radius 1 is 1.36 bits per heavy atom. The van der Waals surface area contributed by atoms with Gasteiger partial charge < -0.3 is 16.3 Å². The summed E-state index contributed by atoms with van der Waals surface area (Å²) in [6.07, 6.45) is 3.98. The van der Waals surface area contributed by atoms with Crippen LogP contribution >= 0.6 is 0 Å². The summed E-state index contributed by atoms with van der Waals surface area (Å²) in [7, 11) is 0. The average Bonchev–Trinajstić information content (AvgIpc) is 2.69. The van der Waals surface area contributed by atoms with E-state index in [0.29, 0.717) is 4.73 Å². The zero-order valence-corrected chi connectivity index (χ0v) is 7.94. The summed E-state index contributed by atoms with van der Waals surface area (Å²) < 4.78 is 0.441. The lowest BCUT2D eigenvalue weighted by molar-refractivity contribution is -0.592. The Bertz CT molecular complexity index is 279. The molecule has 1 aromatic heterocycles. The first kappa shape index (κ1) is 10.5. The summed E-state index contributed by atoms with van der Waals surface area (Å²) in [5.41, 5.74) is 10.3. The zero-order chi connectivity index (χ0) is 10.4. The third-order valence-electron chi connectivity index (χ3n) is 1.81. The highest BCUT2D eigenvalue weighted by molar-refractivity contribution is 5.28. The van der Waals surface area contributed by atoms with Gasteiger partial charge in [-0.2, -0.15) is 0 Å². The largest absolute Gasteiger partial charge is 0.740 e.